The molecule has 0 saturated heterocycles. The van der Waals surface area contributed by atoms with E-state index in [-0.39, 0.29) is 0 Å². The Bertz CT molecular complexity index is 287. The van der Waals surface area contributed by atoms with E-state index in [1.807, 2.05) is 52.8 Å². The molecule has 0 aliphatic carbocycles. The Balaban J connectivity index is 0. The molecule has 0 unspecified atom stereocenters. The van der Waals surface area contributed by atoms with E-state index < -0.39 is 0 Å². The monoisotopic (exact) mass is 222 g/mol. The zero-order valence-electron chi connectivity index (χ0n) is 11.8. The van der Waals surface area contributed by atoms with E-state index in [2.05, 4.69) is 19.1 Å². The molecule has 0 heterocycles. The summed E-state index contributed by atoms with van der Waals surface area (Å²) in [6.45, 7) is 12.1. The average Bonchev–Trinajstić information content (AvgIpc) is 2.36. The summed E-state index contributed by atoms with van der Waals surface area (Å²) in [5.41, 5.74) is 2.35. The summed E-state index contributed by atoms with van der Waals surface area (Å²) in [7, 11) is 1.70. The fourth-order valence-electron chi connectivity index (χ4n) is 1.14. The van der Waals surface area contributed by atoms with Crippen LogP contribution in [0.3, 0.4) is 0 Å². The van der Waals surface area contributed by atoms with Gasteiger partial charge in [-0.3, -0.25) is 0 Å². The normalized spacial score (nSPS) is 8.69. The van der Waals surface area contributed by atoms with Crippen molar-refractivity contribution in [2.75, 3.05) is 7.11 Å². The highest BCUT2D eigenvalue weighted by Gasteiger charge is 1.97. The highest BCUT2D eigenvalue weighted by atomic mass is 16.5. The molecule has 1 aromatic rings. The van der Waals surface area contributed by atoms with Gasteiger partial charge in [0, 0.05) is 5.56 Å². The van der Waals surface area contributed by atoms with E-state index in [1.165, 1.54) is 5.56 Å². The Hall–Kier alpha value is -1.24. The van der Waals surface area contributed by atoms with Crippen LogP contribution in [0.1, 0.15) is 45.7 Å². The second-order valence-corrected chi connectivity index (χ2v) is 2.75. The Labute approximate surface area is 101 Å². The number of hydrogen-bond acceptors (Lipinski definition) is 1. The molecule has 0 aliphatic rings. The first kappa shape index (κ1) is 17.2. The number of allylic oxidation sites excluding steroid dienone is 1. The first-order valence-corrected chi connectivity index (χ1v) is 6.05. The van der Waals surface area contributed by atoms with Crippen molar-refractivity contribution in [2.45, 2.75) is 41.5 Å². The summed E-state index contributed by atoms with van der Waals surface area (Å²) in [6.07, 6.45) is 4.05. The first-order valence-electron chi connectivity index (χ1n) is 6.05. The number of ether oxygens (including phenoxy) is 1. The van der Waals surface area contributed by atoms with Gasteiger partial charge in [-0.25, -0.2) is 0 Å². The van der Waals surface area contributed by atoms with Crippen LogP contribution >= 0.6 is 0 Å². The smallest absolute Gasteiger partial charge is 0.126 e. The molecule has 1 heteroatoms. The maximum Gasteiger partial charge on any atom is 0.126 e. The van der Waals surface area contributed by atoms with Gasteiger partial charge in [-0.05, 0) is 25.5 Å². The predicted octanol–water partition coefficient (Wildman–Crippen LogP) is 5.09. The maximum absolute atomic E-state index is 5.23. The zero-order chi connectivity index (χ0) is 13.0. The molecule has 1 rings (SSSR count). The van der Waals surface area contributed by atoms with E-state index in [0.717, 1.165) is 11.3 Å². The number of benzene rings is 1. The highest BCUT2D eigenvalue weighted by molar-refractivity contribution is 5.57. The molecule has 0 amide bonds. The molecule has 0 atom stereocenters. The van der Waals surface area contributed by atoms with E-state index >= 15 is 0 Å². The molecule has 0 aromatic heterocycles. The molecule has 0 saturated carbocycles. The molecule has 0 fully saturated rings. The topological polar surface area (TPSA) is 9.23 Å². The predicted molar refractivity (Wildman–Crippen MR) is 75.1 cm³/mol. The van der Waals surface area contributed by atoms with Crippen LogP contribution < -0.4 is 4.74 Å². The Morgan fingerprint density at radius 3 is 2.06 bits per heavy atom. The number of hydrogen-bond donors (Lipinski definition) is 0. The summed E-state index contributed by atoms with van der Waals surface area (Å²) >= 11 is 0. The van der Waals surface area contributed by atoms with E-state index in [4.69, 9.17) is 4.74 Å². The molecule has 0 bridgehead atoms. The third-order valence-corrected chi connectivity index (χ3v) is 1.74. The Morgan fingerprint density at radius 1 is 1.06 bits per heavy atom. The molecule has 1 aromatic carbocycles. The zero-order valence-corrected chi connectivity index (χ0v) is 11.8. The first-order chi connectivity index (χ1) is 7.77. The third kappa shape index (κ3) is 6.28. The minimum Gasteiger partial charge on any atom is -0.496 e. The number of rotatable bonds is 2. The van der Waals surface area contributed by atoms with Crippen LogP contribution in [0.2, 0.25) is 0 Å². The second-order valence-electron chi connectivity index (χ2n) is 2.75. The molecule has 1 nitrogen and oxygen atoms in total. The van der Waals surface area contributed by atoms with E-state index in [0.29, 0.717) is 0 Å². The van der Waals surface area contributed by atoms with Crippen LogP contribution in [0.5, 0.6) is 5.75 Å². The summed E-state index contributed by atoms with van der Waals surface area (Å²) in [6, 6.07) is 6.18. The van der Waals surface area contributed by atoms with Crippen molar-refractivity contribution >= 4 is 6.08 Å². The molecular formula is C15H26O. The molecule has 0 radical (unpaired) electrons. The SMILES string of the molecule is C/C=C/c1ccc(C)cc1OC.CC.CC. The molecule has 92 valence electrons. The summed E-state index contributed by atoms with van der Waals surface area (Å²) in [5.74, 6) is 0.938. The van der Waals surface area contributed by atoms with Crippen LogP contribution in [0.25, 0.3) is 6.08 Å². The van der Waals surface area contributed by atoms with E-state index in [1.54, 1.807) is 7.11 Å². The molecule has 0 aliphatic heterocycles. The van der Waals surface area contributed by atoms with Gasteiger partial charge in [-0.15, -0.1) is 0 Å². The van der Waals surface area contributed by atoms with Gasteiger partial charge in [0.2, 0.25) is 0 Å². The minimum absolute atomic E-state index is 0.938. The minimum atomic E-state index is 0.938. The lowest BCUT2D eigenvalue weighted by molar-refractivity contribution is 0.413. The van der Waals surface area contributed by atoms with Crippen LogP contribution in [-0.2, 0) is 0 Å². The van der Waals surface area contributed by atoms with Gasteiger partial charge in [-0.2, -0.15) is 0 Å². The highest BCUT2D eigenvalue weighted by Crippen LogP contribution is 2.20. The van der Waals surface area contributed by atoms with Gasteiger partial charge >= 0.3 is 0 Å². The lowest BCUT2D eigenvalue weighted by Gasteiger charge is -2.04. The molecule has 0 spiro atoms. The van der Waals surface area contributed by atoms with Crippen LogP contribution in [0.15, 0.2) is 24.3 Å². The van der Waals surface area contributed by atoms with Gasteiger partial charge < -0.3 is 4.74 Å². The molecule has 16 heavy (non-hydrogen) atoms. The number of methoxy groups -OCH3 is 1. The van der Waals surface area contributed by atoms with Gasteiger partial charge in [0.25, 0.3) is 0 Å². The lowest BCUT2D eigenvalue weighted by Crippen LogP contribution is -1.87. The van der Waals surface area contributed by atoms with Crippen molar-refractivity contribution in [3.8, 4) is 5.75 Å². The standard InChI is InChI=1S/C11H14O.2C2H6/c1-4-5-10-7-6-9(2)8-11(10)12-3;2*1-2/h4-8H,1-3H3;2*1-2H3/b5-4+;;. The van der Waals surface area contributed by atoms with Crippen molar-refractivity contribution in [3.05, 3.63) is 35.4 Å². The number of aryl methyl sites for hydroxylation is 1. The van der Waals surface area contributed by atoms with Gasteiger partial charge in [0.05, 0.1) is 7.11 Å². The van der Waals surface area contributed by atoms with Crippen molar-refractivity contribution < 1.29 is 4.74 Å². The summed E-state index contributed by atoms with van der Waals surface area (Å²) in [4.78, 5) is 0. The third-order valence-electron chi connectivity index (χ3n) is 1.74. The van der Waals surface area contributed by atoms with Crippen molar-refractivity contribution in [3.63, 3.8) is 0 Å². The van der Waals surface area contributed by atoms with Gasteiger partial charge in [0.15, 0.2) is 0 Å². The quantitative estimate of drug-likeness (QED) is 0.677. The average molecular weight is 222 g/mol. The Morgan fingerprint density at radius 2 is 1.62 bits per heavy atom. The van der Waals surface area contributed by atoms with Gasteiger partial charge in [0.1, 0.15) is 5.75 Å². The Kier molecular flexibility index (Phi) is 12.7. The van der Waals surface area contributed by atoms with Crippen LogP contribution in [-0.4, -0.2) is 7.11 Å². The van der Waals surface area contributed by atoms with Crippen LogP contribution in [0, 0.1) is 6.92 Å². The summed E-state index contributed by atoms with van der Waals surface area (Å²) in [5, 5.41) is 0. The molecule has 0 N–H and O–H groups in total. The largest absolute Gasteiger partial charge is 0.496 e. The fraction of sp³-hybridized carbons (Fsp3) is 0.467. The van der Waals surface area contributed by atoms with Crippen molar-refractivity contribution in [1.82, 2.24) is 0 Å². The maximum atomic E-state index is 5.23. The summed E-state index contributed by atoms with van der Waals surface area (Å²) < 4.78 is 5.23. The van der Waals surface area contributed by atoms with Crippen molar-refractivity contribution in [1.29, 1.82) is 0 Å². The van der Waals surface area contributed by atoms with Crippen LogP contribution in [0.4, 0.5) is 0 Å². The molecular weight excluding hydrogens is 196 g/mol. The fourth-order valence-corrected chi connectivity index (χ4v) is 1.14. The lowest BCUT2D eigenvalue weighted by atomic mass is 10.1. The van der Waals surface area contributed by atoms with Gasteiger partial charge in [-0.1, -0.05) is 52.0 Å². The van der Waals surface area contributed by atoms with E-state index in [9.17, 15) is 0 Å². The van der Waals surface area contributed by atoms with Crippen molar-refractivity contribution in [2.24, 2.45) is 0 Å². The second kappa shape index (κ2) is 11.8.